The van der Waals surface area contributed by atoms with Crippen LogP contribution in [-0.2, 0) is 16.0 Å². The first-order valence-corrected chi connectivity index (χ1v) is 7.65. The molecule has 0 saturated carbocycles. The summed E-state index contributed by atoms with van der Waals surface area (Å²) in [5.74, 6) is -0.354. The van der Waals surface area contributed by atoms with Gasteiger partial charge >= 0.3 is 0 Å². The third-order valence-corrected chi connectivity index (χ3v) is 4.96. The number of allylic oxidation sites excluding steroid dienone is 2. The van der Waals surface area contributed by atoms with Crippen LogP contribution in [0.15, 0.2) is 35.4 Å². The lowest BCUT2D eigenvalue weighted by molar-refractivity contribution is -0.122. The van der Waals surface area contributed by atoms with Crippen LogP contribution in [0, 0.1) is 11.8 Å². The van der Waals surface area contributed by atoms with Gasteiger partial charge in [-0.15, -0.1) is 0 Å². The van der Waals surface area contributed by atoms with E-state index in [0.717, 1.165) is 30.5 Å². The zero-order chi connectivity index (χ0) is 15.1. The molecule has 0 radical (unpaired) electrons. The van der Waals surface area contributed by atoms with Crippen molar-refractivity contribution in [3.8, 4) is 0 Å². The number of imide groups is 1. The van der Waals surface area contributed by atoms with Gasteiger partial charge in [0.15, 0.2) is 0 Å². The third-order valence-electron chi connectivity index (χ3n) is 4.96. The Morgan fingerprint density at radius 3 is 2.05 bits per heavy atom. The van der Waals surface area contributed by atoms with Crippen molar-refractivity contribution in [3.63, 3.8) is 0 Å². The van der Waals surface area contributed by atoms with Crippen LogP contribution in [-0.4, -0.2) is 11.8 Å². The van der Waals surface area contributed by atoms with Crippen molar-refractivity contribution in [1.29, 1.82) is 0 Å². The van der Waals surface area contributed by atoms with Crippen LogP contribution >= 0.6 is 0 Å². The van der Waals surface area contributed by atoms with Gasteiger partial charge in [-0.3, -0.25) is 9.59 Å². The fraction of sp³-hybridized carbons (Fsp3) is 0.444. The van der Waals surface area contributed by atoms with Crippen LogP contribution in [0.5, 0.6) is 0 Å². The van der Waals surface area contributed by atoms with Gasteiger partial charge in [-0.2, -0.15) is 0 Å². The molecule has 0 spiro atoms. The molecular formula is C18H21NO2. The number of rotatable bonds is 2. The molecule has 1 saturated heterocycles. The Kier molecular flexibility index (Phi) is 3.44. The highest BCUT2D eigenvalue weighted by molar-refractivity contribution is 6.22. The van der Waals surface area contributed by atoms with E-state index in [4.69, 9.17) is 0 Å². The molecule has 2 aliphatic rings. The zero-order valence-electron chi connectivity index (χ0n) is 12.8. The van der Waals surface area contributed by atoms with Crippen LogP contribution in [0.4, 0.5) is 5.69 Å². The number of hydrogen-bond donors (Lipinski definition) is 0. The summed E-state index contributed by atoms with van der Waals surface area (Å²) in [6.45, 7) is 6.20. The number of fused-ring (bicyclic) bond motifs is 1. The highest BCUT2D eigenvalue weighted by Crippen LogP contribution is 2.42. The highest BCUT2D eigenvalue weighted by atomic mass is 16.2. The molecule has 3 nitrogen and oxygen atoms in total. The maximum Gasteiger partial charge on any atom is 0.238 e. The normalized spacial score (nSPS) is 25.6. The Hall–Kier alpha value is -1.90. The number of amides is 2. The largest absolute Gasteiger partial charge is 0.274 e. The van der Waals surface area contributed by atoms with Crippen molar-refractivity contribution in [2.24, 2.45) is 11.8 Å². The quantitative estimate of drug-likeness (QED) is 0.615. The van der Waals surface area contributed by atoms with Crippen LogP contribution in [0.25, 0.3) is 0 Å². The van der Waals surface area contributed by atoms with Crippen molar-refractivity contribution >= 4 is 17.5 Å². The molecule has 3 rings (SSSR count). The van der Waals surface area contributed by atoms with E-state index in [2.05, 4.69) is 13.8 Å². The number of para-hydroxylation sites is 1. The van der Waals surface area contributed by atoms with Gasteiger partial charge in [0.05, 0.1) is 17.5 Å². The van der Waals surface area contributed by atoms with Gasteiger partial charge in [0.1, 0.15) is 0 Å². The summed E-state index contributed by atoms with van der Waals surface area (Å²) in [5, 5.41) is 0. The molecule has 3 heteroatoms. The van der Waals surface area contributed by atoms with E-state index < -0.39 is 0 Å². The summed E-state index contributed by atoms with van der Waals surface area (Å²) in [5.41, 5.74) is 4.37. The Balaban J connectivity index is 2.00. The van der Waals surface area contributed by atoms with Gasteiger partial charge in [0, 0.05) is 0 Å². The number of carbonyl (C=O) groups excluding carboxylic acids is 2. The van der Waals surface area contributed by atoms with Crippen molar-refractivity contribution in [3.05, 3.63) is 41.0 Å². The lowest BCUT2D eigenvalue weighted by atomic mass is 9.78. The van der Waals surface area contributed by atoms with Crippen molar-refractivity contribution in [2.45, 2.75) is 40.0 Å². The van der Waals surface area contributed by atoms with Gasteiger partial charge in [0.25, 0.3) is 0 Å². The van der Waals surface area contributed by atoms with Crippen LogP contribution in [0.1, 0.15) is 39.2 Å². The van der Waals surface area contributed by atoms with Gasteiger partial charge < -0.3 is 0 Å². The van der Waals surface area contributed by atoms with Crippen LogP contribution in [0.2, 0.25) is 0 Å². The van der Waals surface area contributed by atoms with E-state index in [0.29, 0.717) is 0 Å². The summed E-state index contributed by atoms with van der Waals surface area (Å²) in [6, 6.07) is 7.73. The predicted molar refractivity (Wildman–Crippen MR) is 82.9 cm³/mol. The summed E-state index contributed by atoms with van der Waals surface area (Å²) < 4.78 is 0. The number of anilines is 1. The minimum Gasteiger partial charge on any atom is -0.274 e. The number of carbonyl (C=O) groups is 2. The molecule has 0 unspecified atom stereocenters. The molecule has 0 bridgehead atoms. The number of hydrogen-bond acceptors (Lipinski definition) is 2. The number of aryl methyl sites for hydroxylation is 1. The number of nitrogens with zero attached hydrogens (tertiary/aromatic N) is 1. The van der Waals surface area contributed by atoms with Gasteiger partial charge in [-0.05, 0) is 44.7 Å². The summed E-state index contributed by atoms with van der Waals surface area (Å²) in [7, 11) is 0. The number of benzene rings is 1. The van der Waals surface area contributed by atoms with Crippen LogP contribution in [0.3, 0.4) is 0 Å². The average Bonchev–Trinajstić information content (AvgIpc) is 2.71. The zero-order valence-corrected chi connectivity index (χ0v) is 12.8. The van der Waals surface area contributed by atoms with Gasteiger partial charge in [-0.25, -0.2) is 4.90 Å². The van der Waals surface area contributed by atoms with Crippen molar-refractivity contribution in [2.75, 3.05) is 4.90 Å². The summed E-state index contributed by atoms with van der Waals surface area (Å²) >= 11 is 0. The van der Waals surface area contributed by atoms with E-state index in [1.165, 1.54) is 16.0 Å². The first-order chi connectivity index (χ1) is 10.0. The lowest BCUT2D eigenvalue weighted by Crippen LogP contribution is -2.31. The van der Waals surface area contributed by atoms with E-state index in [1.807, 2.05) is 31.2 Å². The van der Waals surface area contributed by atoms with Gasteiger partial charge in [-0.1, -0.05) is 36.3 Å². The molecule has 0 N–H and O–H groups in total. The molecule has 21 heavy (non-hydrogen) atoms. The fourth-order valence-corrected chi connectivity index (χ4v) is 3.52. The van der Waals surface area contributed by atoms with Crippen molar-refractivity contribution in [1.82, 2.24) is 0 Å². The summed E-state index contributed by atoms with van der Waals surface area (Å²) in [6.07, 6.45) is 2.27. The Labute approximate surface area is 125 Å². The first-order valence-electron chi connectivity index (χ1n) is 7.65. The smallest absolute Gasteiger partial charge is 0.238 e. The Morgan fingerprint density at radius 2 is 1.52 bits per heavy atom. The maximum atomic E-state index is 12.8. The van der Waals surface area contributed by atoms with E-state index in [9.17, 15) is 9.59 Å². The average molecular weight is 283 g/mol. The highest BCUT2D eigenvalue weighted by Gasteiger charge is 2.49. The molecule has 0 aromatic heterocycles. The lowest BCUT2D eigenvalue weighted by Gasteiger charge is -2.23. The molecule has 2 amide bonds. The topological polar surface area (TPSA) is 37.4 Å². The molecule has 1 heterocycles. The second-order valence-electron chi connectivity index (χ2n) is 6.18. The standard InChI is InChI=1S/C18H21NO2/c1-4-13-7-5-6-8-16(13)19-17(20)14-9-11(2)12(3)10-15(14)18(19)21/h5-8,14-15H,4,9-10H2,1-3H3/t14-,15-/m1/s1. The fourth-order valence-electron chi connectivity index (χ4n) is 3.52. The molecule has 110 valence electrons. The third kappa shape index (κ3) is 2.11. The summed E-state index contributed by atoms with van der Waals surface area (Å²) in [4.78, 5) is 27.0. The second kappa shape index (κ2) is 5.14. The van der Waals surface area contributed by atoms with E-state index in [1.54, 1.807) is 0 Å². The molecule has 2 atom stereocenters. The van der Waals surface area contributed by atoms with Crippen LogP contribution < -0.4 is 4.90 Å². The minimum atomic E-state index is -0.161. The molecular weight excluding hydrogens is 262 g/mol. The molecule has 1 aromatic rings. The minimum absolute atomic E-state index is 0.0160. The van der Waals surface area contributed by atoms with E-state index in [-0.39, 0.29) is 23.7 Å². The van der Waals surface area contributed by atoms with Crippen molar-refractivity contribution < 1.29 is 9.59 Å². The Morgan fingerprint density at radius 1 is 1.00 bits per heavy atom. The predicted octanol–water partition coefficient (Wildman–Crippen LogP) is 3.48. The maximum absolute atomic E-state index is 12.8. The van der Waals surface area contributed by atoms with Gasteiger partial charge in [0.2, 0.25) is 11.8 Å². The molecule has 1 aromatic carbocycles. The molecule has 1 aliphatic carbocycles. The van der Waals surface area contributed by atoms with E-state index >= 15 is 0 Å². The first kappa shape index (κ1) is 14.1. The molecule has 1 fully saturated rings. The SMILES string of the molecule is CCc1ccccc1N1C(=O)[C@@H]2CC(C)=C(C)C[C@H]2C1=O. The Bertz CT molecular complexity index is 612. The molecule has 1 aliphatic heterocycles. The second-order valence-corrected chi connectivity index (χ2v) is 6.18. The monoisotopic (exact) mass is 283 g/mol.